The Bertz CT molecular complexity index is 781. The summed E-state index contributed by atoms with van der Waals surface area (Å²) >= 11 is 6.11. The molecule has 0 unspecified atom stereocenters. The van der Waals surface area contributed by atoms with Crippen molar-refractivity contribution in [2.24, 2.45) is 0 Å². The SMILES string of the molecule is O=C(O)c1cc(Cl)c2cn(Cc3ccccc3)nc2c1. The second kappa shape index (κ2) is 4.98. The molecule has 1 heterocycles. The van der Waals surface area contributed by atoms with Crippen LogP contribution in [0.2, 0.25) is 5.02 Å². The van der Waals surface area contributed by atoms with Crippen LogP contribution in [0.15, 0.2) is 48.7 Å². The van der Waals surface area contributed by atoms with Gasteiger partial charge in [-0.2, -0.15) is 5.10 Å². The summed E-state index contributed by atoms with van der Waals surface area (Å²) in [6, 6.07) is 12.9. The molecule has 0 spiro atoms. The summed E-state index contributed by atoms with van der Waals surface area (Å²) in [5.41, 5.74) is 1.85. The van der Waals surface area contributed by atoms with Gasteiger partial charge < -0.3 is 5.11 Å². The molecular formula is C15H11ClN2O2. The maximum absolute atomic E-state index is 11.0. The largest absolute Gasteiger partial charge is 0.478 e. The van der Waals surface area contributed by atoms with Gasteiger partial charge in [-0.3, -0.25) is 4.68 Å². The van der Waals surface area contributed by atoms with E-state index in [1.54, 1.807) is 4.68 Å². The molecule has 0 amide bonds. The molecule has 0 aliphatic heterocycles. The number of halogens is 1. The number of aromatic carboxylic acids is 1. The summed E-state index contributed by atoms with van der Waals surface area (Å²) in [6.45, 7) is 0.619. The minimum atomic E-state index is -1.01. The number of hydrogen-bond acceptors (Lipinski definition) is 2. The molecule has 0 saturated heterocycles. The van der Waals surface area contributed by atoms with Crippen molar-refractivity contribution in [3.05, 3.63) is 64.8 Å². The van der Waals surface area contributed by atoms with Crippen LogP contribution in [-0.4, -0.2) is 20.9 Å². The highest BCUT2D eigenvalue weighted by Crippen LogP contribution is 2.25. The molecule has 0 saturated carbocycles. The van der Waals surface area contributed by atoms with Gasteiger partial charge in [0, 0.05) is 11.6 Å². The predicted octanol–water partition coefficient (Wildman–Crippen LogP) is 3.44. The van der Waals surface area contributed by atoms with Crippen molar-refractivity contribution < 1.29 is 9.90 Å². The molecule has 0 aliphatic carbocycles. The first-order valence-corrected chi connectivity index (χ1v) is 6.45. The molecule has 3 aromatic rings. The minimum Gasteiger partial charge on any atom is -0.478 e. The molecule has 1 aromatic heterocycles. The Morgan fingerprint density at radius 3 is 2.70 bits per heavy atom. The summed E-state index contributed by atoms with van der Waals surface area (Å²) in [5.74, 6) is -1.01. The molecule has 3 rings (SSSR count). The van der Waals surface area contributed by atoms with Gasteiger partial charge in [0.2, 0.25) is 0 Å². The first-order valence-electron chi connectivity index (χ1n) is 6.07. The lowest BCUT2D eigenvalue weighted by atomic mass is 10.2. The van der Waals surface area contributed by atoms with Crippen LogP contribution in [0.3, 0.4) is 0 Å². The number of nitrogens with zero attached hydrogens (tertiary/aromatic N) is 2. The standard InChI is InChI=1S/C15H11ClN2O2/c16-13-6-11(15(19)20)7-14-12(13)9-18(17-14)8-10-4-2-1-3-5-10/h1-7,9H,8H2,(H,19,20). The maximum atomic E-state index is 11.0. The summed E-state index contributed by atoms with van der Waals surface area (Å²) in [6.07, 6.45) is 1.83. The Labute approximate surface area is 120 Å². The molecule has 100 valence electrons. The van der Waals surface area contributed by atoms with Gasteiger partial charge in [-0.05, 0) is 17.7 Å². The van der Waals surface area contributed by atoms with E-state index in [2.05, 4.69) is 5.10 Å². The van der Waals surface area contributed by atoms with Crippen LogP contribution < -0.4 is 0 Å². The molecule has 0 bridgehead atoms. The van der Waals surface area contributed by atoms with E-state index in [1.807, 2.05) is 36.5 Å². The van der Waals surface area contributed by atoms with E-state index in [-0.39, 0.29) is 5.56 Å². The summed E-state index contributed by atoms with van der Waals surface area (Å²) < 4.78 is 1.76. The molecule has 0 radical (unpaired) electrons. The highest BCUT2D eigenvalue weighted by atomic mass is 35.5. The fourth-order valence-corrected chi connectivity index (χ4v) is 2.37. The molecule has 2 aromatic carbocycles. The predicted molar refractivity (Wildman–Crippen MR) is 77.2 cm³/mol. The second-order valence-corrected chi connectivity index (χ2v) is 4.92. The van der Waals surface area contributed by atoms with Crippen molar-refractivity contribution in [3.8, 4) is 0 Å². The van der Waals surface area contributed by atoms with Crippen molar-refractivity contribution in [1.29, 1.82) is 0 Å². The molecule has 4 nitrogen and oxygen atoms in total. The second-order valence-electron chi connectivity index (χ2n) is 4.51. The van der Waals surface area contributed by atoms with E-state index in [0.717, 1.165) is 10.9 Å². The van der Waals surface area contributed by atoms with Crippen LogP contribution in [0.25, 0.3) is 10.9 Å². The molecule has 1 N–H and O–H groups in total. The van der Waals surface area contributed by atoms with Crippen molar-refractivity contribution in [3.63, 3.8) is 0 Å². The van der Waals surface area contributed by atoms with Crippen LogP contribution in [0.1, 0.15) is 15.9 Å². The topological polar surface area (TPSA) is 55.1 Å². The highest BCUT2D eigenvalue weighted by molar-refractivity contribution is 6.35. The summed E-state index contributed by atoms with van der Waals surface area (Å²) in [7, 11) is 0. The van der Waals surface area contributed by atoms with Gasteiger partial charge in [-0.1, -0.05) is 41.9 Å². The Balaban J connectivity index is 2.02. The molecule has 0 aliphatic rings. The molecule has 5 heteroatoms. The van der Waals surface area contributed by atoms with Crippen LogP contribution >= 0.6 is 11.6 Å². The van der Waals surface area contributed by atoms with Crippen LogP contribution in [-0.2, 0) is 6.54 Å². The van der Waals surface area contributed by atoms with E-state index in [9.17, 15) is 4.79 Å². The Kier molecular flexibility index (Phi) is 3.16. The number of carbonyl (C=O) groups is 1. The smallest absolute Gasteiger partial charge is 0.335 e. The normalized spacial score (nSPS) is 10.8. The Morgan fingerprint density at radius 2 is 2.00 bits per heavy atom. The van der Waals surface area contributed by atoms with Crippen LogP contribution in [0, 0.1) is 0 Å². The average molecular weight is 287 g/mol. The number of carboxylic acid groups (broad SMARTS) is 1. The van der Waals surface area contributed by atoms with Crippen LogP contribution in [0.4, 0.5) is 0 Å². The van der Waals surface area contributed by atoms with E-state index < -0.39 is 5.97 Å². The monoisotopic (exact) mass is 286 g/mol. The van der Waals surface area contributed by atoms with Crippen molar-refractivity contribution in [1.82, 2.24) is 9.78 Å². The summed E-state index contributed by atoms with van der Waals surface area (Å²) in [5, 5.41) is 14.6. The Morgan fingerprint density at radius 1 is 1.25 bits per heavy atom. The summed E-state index contributed by atoms with van der Waals surface area (Å²) in [4.78, 5) is 11.0. The van der Waals surface area contributed by atoms with Gasteiger partial charge in [0.15, 0.2) is 0 Å². The quantitative estimate of drug-likeness (QED) is 0.802. The first-order chi connectivity index (χ1) is 9.63. The highest BCUT2D eigenvalue weighted by Gasteiger charge is 2.11. The first kappa shape index (κ1) is 12.7. The molecular weight excluding hydrogens is 276 g/mol. The fourth-order valence-electron chi connectivity index (χ4n) is 2.11. The van der Waals surface area contributed by atoms with Gasteiger partial charge in [-0.15, -0.1) is 0 Å². The van der Waals surface area contributed by atoms with Gasteiger partial charge in [-0.25, -0.2) is 4.79 Å². The number of aromatic nitrogens is 2. The van der Waals surface area contributed by atoms with Crippen molar-refractivity contribution in [2.45, 2.75) is 6.54 Å². The van der Waals surface area contributed by atoms with Gasteiger partial charge >= 0.3 is 5.97 Å². The number of fused-ring (bicyclic) bond motifs is 1. The molecule has 0 fully saturated rings. The van der Waals surface area contributed by atoms with Gasteiger partial charge in [0.25, 0.3) is 0 Å². The van der Waals surface area contributed by atoms with Crippen LogP contribution in [0.5, 0.6) is 0 Å². The third kappa shape index (κ3) is 2.38. The third-order valence-corrected chi connectivity index (χ3v) is 3.37. The number of rotatable bonds is 3. The number of benzene rings is 2. The minimum absolute atomic E-state index is 0.146. The average Bonchev–Trinajstić information content (AvgIpc) is 2.83. The zero-order chi connectivity index (χ0) is 14.1. The van der Waals surface area contributed by atoms with E-state index in [4.69, 9.17) is 16.7 Å². The number of carboxylic acids is 1. The van der Waals surface area contributed by atoms with Crippen molar-refractivity contribution >= 4 is 28.5 Å². The Hall–Kier alpha value is -2.33. The lowest BCUT2D eigenvalue weighted by Gasteiger charge is -2.00. The zero-order valence-corrected chi connectivity index (χ0v) is 11.2. The number of hydrogen-bond donors (Lipinski definition) is 1. The molecule has 0 atom stereocenters. The van der Waals surface area contributed by atoms with E-state index >= 15 is 0 Å². The van der Waals surface area contributed by atoms with E-state index in [0.29, 0.717) is 17.1 Å². The zero-order valence-electron chi connectivity index (χ0n) is 10.5. The van der Waals surface area contributed by atoms with Gasteiger partial charge in [0.1, 0.15) is 0 Å². The van der Waals surface area contributed by atoms with Crippen molar-refractivity contribution in [2.75, 3.05) is 0 Å². The maximum Gasteiger partial charge on any atom is 0.335 e. The third-order valence-electron chi connectivity index (χ3n) is 3.06. The fraction of sp³-hybridized carbons (Fsp3) is 0.0667. The van der Waals surface area contributed by atoms with Gasteiger partial charge in [0.05, 0.1) is 22.6 Å². The molecule has 20 heavy (non-hydrogen) atoms. The van der Waals surface area contributed by atoms with E-state index in [1.165, 1.54) is 12.1 Å². The lowest BCUT2D eigenvalue weighted by molar-refractivity contribution is 0.0697. The lowest BCUT2D eigenvalue weighted by Crippen LogP contribution is -1.99.